The van der Waals surface area contributed by atoms with Gasteiger partial charge >= 0.3 is 6.61 Å². The van der Waals surface area contributed by atoms with Gasteiger partial charge in [0, 0.05) is 12.1 Å². The highest BCUT2D eigenvalue weighted by Crippen LogP contribution is 2.36. The zero-order valence-electron chi connectivity index (χ0n) is 11.6. The van der Waals surface area contributed by atoms with Gasteiger partial charge in [-0.05, 0) is 49.6 Å². The molecule has 3 rings (SSSR count). The lowest BCUT2D eigenvalue weighted by Gasteiger charge is -2.42. The van der Waals surface area contributed by atoms with Crippen molar-refractivity contribution in [3.63, 3.8) is 0 Å². The smallest absolute Gasteiger partial charge is 0.387 e. The van der Waals surface area contributed by atoms with Crippen LogP contribution in [-0.2, 0) is 0 Å². The maximum atomic E-state index is 12.3. The molecule has 1 saturated heterocycles. The summed E-state index contributed by atoms with van der Waals surface area (Å²) in [6.07, 6.45) is 6.96. The molecule has 0 radical (unpaired) electrons. The Balaban J connectivity index is 1.86. The van der Waals surface area contributed by atoms with Gasteiger partial charge in [-0.1, -0.05) is 24.6 Å². The predicted molar refractivity (Wildman–Crippen MR) is 74.9 cm³/mol. The summed E-state index contributed by atoms with van der Waals surface area (Å²) in [5.74, 6) is 0.238. The van der Waals surface area contributed by atoms with Crippen LogP contribution in [0.1, 0.15) is 31.2 Å². The number of fused-ring (bicyclic) bond motifs is 2. The molecule has 2 nitrogen and oxygen atoms in total. The average molecular weight is 279 g/mol. The SMILES string of the molecule is CN1C2C=C(c3cccc(OC(F)F)c3)CC1CCC2. The minimum Gasteiger partial charge on any atom is -0.435 e. The topological polar surface area (TPSA) is 12.5 Å². The van der Waals surface area contributed by atoms with Gasteiger partial charge in [-0.25, -0.2) is 0 Å². The first-order valence-corrected chi connectivity index (χ1v) is 7.11. The highest BCUT2D eigenvalue weighted by Gasteiger charge is 2.31. The van der Waals surface area contributed by atoms with E-state index in [2.05, 4.69) is 22.8 Å². The van der Waals surface area contributed by atoms with Crippen LogP contribution in [0.4, 0.5) is 8.78 Å². The average Bonchev–Trinajstić information content (AvgIpc) is 2.37. The second-order valence-corrected chi connectivity index (χ2v) is 5.62. The zero-order chi connectivity index (χ0) is 14.1. The Hall–Kier alpha value is -1.42. The summed E-state index contributed by atoms with van der Waals surface area (Å²) in [4.78, 5) is 2.44. The number of hydrogen-bond donors (Lipinski definition) is 0. The number of alkyl halides is 2. The molecule has 2 aliphatic rings. The van der Waals surface area contributed by atoms with Crippen LogP contribution in [0.2, 0.25) is 0 Å². The molecule has 2 bridgehead atoms. The Labute approximate surface area is 118 Å². The van der Waals surface area contributed by atoms with E-state index in [-0.39, 0.29) is 5.75 Å². The minimum atomic E-state index is -2.77. The van der Waals surface area contributed by atoms with Crippen molar-refractivity contribution in [1.29, 1.82) is 0 Å². The van der Waals surface area contributed by atoms with Gasteiger partial charge < -0.3 is 4.74 Å². The number of benzene rings is 1. The molecule has 2 heterocycles. The lowest BCUT2D eigenvalue weighted by atomic mass is 9.83. The summed E-state index contributed by atoms with van der Waals surface area (Å²) < 4.78 is 29.1. The molecular weight excluding hydrogens is 260 g/mol. The molecule has 0 spiro atoms. The standard InChI is InChI=1S/C16H19F2NO/c1-19-13-5-3-6-14(19)9-12(8-13)11-4-2-7-15(10-11)20-16(17)18/h2,4,7-8,10,13-14,16H,3,5-6,9H2,1H3. The van der Waals surface area contributed by atoms with Crippen molar-refractivity contribution in [1.82, 2.24) is 4.90 Å². The summed E-state index contributed by atoms with van der Waals surface area (Å²) in [6, 6.07) is 8.11. The van der Waals surface area contributed by atoms with E-state index in [0.717, 1.165) is 12.0 Å². The number of ether oxygens (including phenoxy) is 1. The largest absolute Gasteiger partial charge is 0.435 e. The van der Waals surface area contributed by atoms with E-state index < -0.39 is 6.61 Å². The lowest BCUT2D eigenvalue weighted by Crippen LogP contribution is -2.45. The van der Waals surface area contributed by atoms with Gasteiger partial charge in [-0.15, -0.1) is 0 Å². The molecule has 1 aromatic carbocycles. The van der Waals surface area contributed by atoms with Crippen LogP contribution in [0.3, 0.4) is 0 Å². The van der Waals surface area contributed by atoms with Crippen LogP contribution in [0.15, 0.2) is 30.3 Å². The number of nitrogens with zero attached hydrogens (tertiary/aromatic N) is 1. The highest BCUT2D eigenvalue weighted by molar-refractivity contribution is 5.68. The van der Waals surface area contributed by atoms with E-state index >= 15 is 0 Å². The van der Waals surface area contributed by atoms with Gasteiger partial charge in [-0.3, -0.25) is 4.90 Å². The van der Waals surface area contributed by atoms with Crippen molar-refractivity contribution >= 4 is 5.57 Å². The van der Waals surface area contributed by atoms with Crippen LogP contribution >= 0.6 is 0 Å². The van der Waals surface area contributed by atoms with Gasteiger partial charge in [0.15, 0.2) is 0 Å². The molecule has 4 heteroatoms. The first kappa shape index (κ1) is 13.6. The van der Waals surface area contributed by atoms with Crippen LogP contribution in [0.25, 0.3) is 5.57 Å². The van der Waals surface area contributed by atoms with Crippen LogP contribution in [0, 0.1) is 0 Å². The van der Waals surface area contributed by atoms with Gasteiger partial charge in [-0.2, -0.15) is 8.78 Å². The molecule has 2 atom stereocenters. The van der Waals surface area contributed by atoms with Crippen molar-refractivity contribution in [2.75, 3.05) is 7.05 Å². The quantitative estimate of drug-likeness (QED) is 0.831. The summed E-state index contributed by atoms with van der Waals surface area (Å²) in [5.41, 5.74) is 2.27. The number of hydrogen-bond acceptors (Lipinski definition) is 2. The van der Waals surface area contributed by atoms with E-state index in [1.807, 2.05) is 6.07 Å². The summed E-state index contributed by atoms with van der Waals surface area (Å²) in [6.45, 7) is -2.77. The Morgan fingerprint density at radius 1 is 1.30 bits per heavy atom. The molecule has 0 aliphatic carbocycles. The van der Waals surface area contributed by atoms with Gasteiger partial charge in [0.1, 0.15) is 5.75 Å². The van der Waals surface area contributed by atoms with Crippen LogP contribution in [-0.4, -0.2) is 30.6 Å². The third kappa shape index (κ3) is 2.70. The molecule has 1 fully saturated rings. The highest BCUT2D eigenvalue weighted by atomic mass is 19.3. The Morgan fingerprint density at radius 3 is 2.90 bits per heavy atom. The van der Waals surface area contributed by atoms with E-state index in [1.165, 1.54) is 24.8 Å². The molecule has 20 heavy (non-hydrogen) atoms. The van der Waals surface area contributed by atoms with Crippen molar-refractivity contribution in [2.45, 2.75) is 44.4 Å². The summed E-state index contributed by atoms with van der Waals surface area (Å²) >= 11 is 0. The Kier molecular flexibility index (Phi) is 3.74. The molecule has 1 aromatic rings. The molecule has 0 N–H and O–H groups in total. The van der Waals surface area contributed by atoms with Gasteiger partial charge in [0.05, 0.1) is 0 Å². The predicted octanol–water partition coefficient (Wildman–Crippen LogP) is 3.93. The van der Waals surface area contributed by atoms with E-state index in [0.29, 0.717) is 12.1 Å². The van der Waals surface area contributed by atoms with E-state index in [1.54, 1.807) is 18.2 Å². The third-order valence-electron chi connectivity index (χ3n) is 4.42. The zero-order valence-corrected chi connectivity index (χ0v) is 11.6. The molecule has 0 amide bonds. The molecule has 2 aliphatic heterocycles. The fourth-order valence-corrected chi connectivity index (χ4v) is 3.33. The lowest BCUT2D eigenvalue weighted by molar-refractivity contribution is -0.0498. The number of rotatable bonds is 3. The third-order valence-corrected chi connectivity index (χ3v) is 4.42. The van der Waals surface area contributed by atoms with Crippen LogP contribution < -0.4 is 4.74 Å². The van der Waals surface area contributed by atoms with Gasteiger partial charge in [0.2, 0.25) is 0 Å². The van der Waals surface area contributed by atoms with Crippen molar-refractivity contribution in [3.05, 3.63) is 35.9 Å². The molecule has 0 saturated carbocycles. The normalized spacial score (nSPS) is 26.5. The van der Waals surface area contributed by atoms with Crippen molar-refractivity contribution in [2.24, 2.45) is 0 Å². The second kappa shape index (κ2) is 5.52. The van der Waals surface area contributed by atoms with Crippen molar-refractivity contribution < 1.29 is 13.5 Å². The van der Waals surface area contributed by atoms with Crippen LogP contribution in [0.5, 0.6) is 5.75 Å². The maximum absolute atomic E-state index is 12.3. The first-order valence-electron chi connectivity index (χ1n) is 7.11. The van der Waals surface area contributed by atoms with E-state index in [4.69, 9.17) is 0 Å². The Bertz CT molecular complexity index is 515. The fraction of sp³-hybridized carbons (Fsp3) is 0.500. The second-order valence-electron chi connectivity index (χ2n) is 5.62. The molecule has 108 valence electrons. The maximum Gasteiger partial charge on any atom is 0.387 e. The minimum absolute atomic E-state index is 0.238. The number of piperidine rings is 1. The number of halogens is 2. The fourth-order valence-electron chi connectivity index (χ4n) is 3.33. The van der Waals surface area contributed by atoms with E-state index in [9.17, 15) is 8.78 Å². The van der Waals surface area contributed by atoms with Gasteiger partial charge in [0.25, 0.3) is 0 Å². The molecule has 0 aromatic heterocycles. The number of likely N-dealkylation sites (N-methyl/N-ethyl adjacent to an activating group) is 1. The Morgan fingerprint density at radius 2 is 2.15 bits per heavy atom. The summed E-state index contributed by atoms with van der Waals surface area (Å²) in [7, 11) is 2.18. The molecule has 2 unspecified atom stereocenters. The van der Waals surface area contributed by atoms with Crippen molar-refractivity contribution in [3.8, 4) is 5.75 Å². The molecular formula is C16H19F2NO. The summed E-state index contributed by atoms with van der Waals surface area (Å²) in [5, 5.41) is 0. The first-order chi connectivity index (χ1) is 9.63. The monoisotopic (exact) mass is 279 g/mol.